The maximum Gasteiger partial charge on any atom is 0.315 e. The van der Waals surface area contributed by atoms with Crippen LogP contribution in [0.1, 0.15) is 113 Å². The second-order valence-corrected chi connectivity index (χ2v) is 26.1. The number of methoxy groups -OCH3 is 1. The van der Waals surface area contributed by atoms with Crippen molar-refractivity contribution >= 4 is 11.9 Å². The van der Waals surface area contributed by atoms with Crippen LogP contribution in [0.15, 0.2) is 11.6 Å². The Labute approximate surface area is 459 Å². The lowest BCUT2D eigenvalue weighted by molar-refractivity contribution is -0.397. The van der Waals surface area contributed by atoms with E-state index in [-0.39, 0.29) is 35.5 Å². The molecular weight excluding hydrogens is 1040 g/mol. The van der Waals surface area contributed by atoms with Crippen LogP contribution < -0.4 is 0 Å². The molecule has 24 heteroatoms. The number of esters is 2. The number of ether oxygens (including phenoxy) is 9. The van der Waals surface area contributed by atoms with Crippen molar-refractivity contribution in [2.24, 2.45) is 50.2 Å². The second-order valence-electron chi connectivity index (χ2n) is 26.1. The number of rotatable bonds is 12. The van der Waals surface area contributed by atoms with E-state index in [1.165, 1.54) is 14.0 Å². The van der Waals surface area contributed by atoms with Crippen LogP contribution in [0.2, 0.25) is 0 Å². The summed E-state index contributed by atoms with van der Waals surface area (Å²) in [5.74, 6) is -1.41. The van der Waals surface area contributed by atoms with Gasteiger partial charge >= 0.3 is 11.9 Å². The van der Waals surface area contributed by atoms with E-state index in [9.17, 15) is 76.0 Å². The van der Waals surface area contributed by atoms with Gasteiger partial charge in [0.05, 0.1) is 50.0 Å². The standard InChI is InChI=1S/C55H88O24/c1-23-32(59)36(63)40(67)44(72-23)77-43-39(66)35(62)28(22-58)75-47(43)78-42-38(65)34(61)27(21-57)74-46(42)76-31-12-13-52(5)29(50(31,2)3)11-14-54(7)30(52)10-9-24-25-19-51(4,48(69)71-8)15-17-55(25,18-16-53(24,54)6)49(70)79-45-41(68)37(64)33(60)26(20-56)73-45/h9,23,25-47,56-68H,10-22H2,1-8H3/t23-,25-,26+,27-,28-,29+,30-,31+,32+,33+,34-,35+,36+,37-,38+,39+,40-,41+,42-,43+,44-,45+,46-,47-,51+,52-,53-,54-,55+/m1/s1. The molecule has 0 bridgehead atoms. The Balaban J connectivity index is 0.980. The second kappa shape index (κ2) is 22.4. The van der Waals surface area contributed by atoms with Crippen LogP contribution >= 0.6 is 0 Å². The van der Waals surface area contributed by atoms with E-state index in [2.05, 4.69) is 40.7 Å². The van der Waals surface area contributed by atoms with Gasteiger partial charge in [-0.2, -0.15) is 0 Å². The highest BCUT2D eigenvalue weighted by Crippen LogP contribution is 2.76. The predicted octanol–water partition coefficient (Wildman–Crippen LogP) is -1.85. The van der Waals surface area contributed by atoms with Crippen molar-refractivity contribution in [3.8, 4) is 0 Å². The van der Waals surface area contributed by atoms with Crippen LogP contribution in [-0.2, 0) is 52.2 Å². The van der Waals surface area contributed by atoms with E-state index >= 15 is 0 Å². The molecule has 4 saturated carbocycles. The Morgan fingerprint density at radius 2 is 1.08 bits per heavy atom. The molecule has 9 rings (SSSR count). The van der Waals surface area contributed by atoms with Crippen LogP contribution in [0, 0.1) is 50.2 Å². The number of aliphatic hydroxyl groups excluding tert-OH is 13. The van der Waals surface area contributed by atoms with E-state index in [4.69, 9.17) is 42.6 Å². The van der Waals surface area contributed by atoms with Crippen molar-refractivity contribution in [1.82, 2.24) is 0 Å². The summed E-state index contributed by atoms with van der Waals surface area (Å²) in [6.07, 6.45) is -25.8. The first kappa shape index (κ1) is 61.4. The summed E-state index contributed by atoms with van der Waals surface area (Å²) < 4.78 is 53.9. The first-order chi connectivity index (χ1) is 37.0. The summed E-state index contributed by atoms with van der Waals surface area (Å²) in [6, 6.07) is 0. The molecule has 4 saturated heterocycles. The summed E-state index contributed by atoms with van der Waals surface area (Å²) in [5, 5.41) is 140. The Kier molecular flexibility index (Phi) is 17.4. The summed E-state index contributed by atoms with van der Waals surface area (Å²) in [6.45, 7) is 12.2. The van der Waals surface area contributed by atoms with Crippen LogP contribution in [-0.4, -0.2) is 234 Å². The number of aliphatic hydroxyl groups is 13. The minimum absolute atomic E-state index is 0.0237. The fraction of sp³-hybridized carbons (Fsp3) is 0.927. The van der Waals surface area contributed by atoms with Gasteiger partial charge in [-0.05, 0) is 117 Å². The van der Waals surface area contributed by atoms with Crippen LogP contribution in [0.25, 0.3) is 0 Å². The summed E-state index contributed by atoms with van der Waals surface area (Å²) in [4.78, 5) is 28.5. The Morgan fingerprint density at radius 1 is 0.557 bits per heavy atom. The first-order valence-electron chi connectivity index (χ1n) is 28.3. The van der Waals surface area contributed by atoms with Gasteiger partial charge in [0.15, 0.2) is 18.9 Å². The fourth-order valence-electron chi connectivity index (χ4n) is 16.7. The molecule has 0 aromatic heterocycles. The number of carbonyl (C=O) groups excluding carboxylic acids is 2. The number of hydrogen-bond acceptors (Lipinski definition) is 24. The SMILES string of the molecule is COC(=O)[C@@]1(C)CC[C@]2(C(=O)O[C@@H]3O[C@@H](CO)[C@H](O)[C@@H](O)[C@@H]3O)CC[C@]3(C)C(=CC[C@@H]4[C@]5(C)CC[C@H](O[C@H]6O[C@H](CO)[C@@H](O)[C@H](O)[C@H]6O[C@H]6O[C@H](CO)[C@H](O)[C@H](O)[C@@H]6O[C@H]6O[C@H](C)[C@H](O)[C@H](O)[C@H]6O)C(C)(C)[C@@H]5CC[C@]43C)[C@H]2C1. The molecule has 29 atom stereocenters. The average molecular weight is 1130 g/mol. The van der Waals surface area contributed by atoms with Crippen molar-refractivity contribution in [2.45, 2.75) is 242 Å². The summed E-state index contributed by atoms with van der Waals surface area (Å²) >= 11 is 0. The van der Waals surface area contributed by atoms with Gasteiger partial charge in [0.25, 0.3) is 0 Å². The lowest BCUT2D eigenvalue weighted by Gasteiger charge is -2.71. The van der Waals surface area contributed by atoms with E-state index < -0.39 is 188 Å². The monoisotopic (exact) mass is 1130 g/mol. The molecule has 0 unspecified atom stereocenters. The van der Waals surface area contributed by atoms with E-state index in [1.54, 1.807) is 0 Å². The molecule has 4 aliphatic heterocycles. The van der Waals surface area contributed by atoms with Crippen molar-refractivity contribution in [2.75, 3.05) is 26.9 Å². The molecule has 8 fully saturated rings. The largest absolute Gasteiger partial charge is 0.469 e. The molecule has 79 heavy (non-hydrogen) atoms. The third-order valence-electron chi connectivity index (χ3n) is 21.8. The van der Waals surface area contributed by atoms with E-state index in [0.29, 0.717) is 38.5 Å². The molecule has 0 aromatic carbocycles. The highest BCUT2D eigenvalue weighted by atomic mass is 16.8. The highest BCUT2D eigenvalue weighted by molar-refractivity contribution is 5.81. The van der Waals surface area contributed by atoms with Crippen LogP contribution in [0.5, 0.6) is 0 Å². The van der Waals surface area contributed by atoms with Gasteiger partial charge in [0, 0.05) is 0 Å². The minimum Gasteiger partial charge on any atom is -0.469 e. The summed E-state index contributed by atoms with van der Waals surface area (Å²) in [7, 11) is 1.35. The average Bonchev–Trinajstić information content (AvgIpc) is 3.51. The van der Waals surface area contributed by atoms with Gasteiger partial charge in [-0.3, -0.25) is 9.59 Å². The Morgan fingerprint density at radius 3 is 1.66 bits per heavy atom. The molecule has 452 valence electrons. The van der Waals surface area contributed by atoms with Crippen molar-refractivity contribution in [3.05, 3.63) is 11.6 Å². The van der Waals surface area contributed by atoms with Crippen molar-refractivity contribution in [1.29, 1.82) is 0 Å². The molecule has 13 N–H and O–H groups in total. The zero-order chi connectivity index (χ0) is 57.9. The van der Waals surface area contributed by atoms with Crippen molar-refractivity contribution in [3.63, 3.8) is 0 Å². The summed E-state index contributed by atoms with van der Waals surface area (Å²) in [5.41, 5.74) is -2.77. The van der Waals surface area contributed by atoms with Gasteiger partial charge in [0.1, 0.15) is 91.6 Å². The lowest BCUT2D eigenvalue weighted by atomic mass is 9.33. The molecule has 24 nitrogen and oxygen atoms in total. The third kappa shape index (κ3) is 9.87. The Hall–Kier alpha value is -2.12. The van der Waals surface area contributed by atoms with Crippen LogP contribution in [0.4, 0.5) is 0 Å². The third-order valence-corrected chi connectivity index (χ3v) is 21.8. The number of allylic oxidation sites excluding steroid dienone is 2. The van der Waals surface area contributed by atoms with Crippen LogP contribution in [0.3, 0.4) is 0 Å². The predicted molar refractivity (Wildman–Crippen MR) is 268 cm³/mol. The molecule has 0 amide bonds. The topological polar surface area (TPSA) is 380 Å². The maximum absolute atomic E-state index is 14.9. The normalized spacial score (nSPS) is 53.5. The minimum atomic E-state index is -1.89. The molecule has 4 heterocycles. The quantitative estimate of drug-likeness (QED) is 0.0579. The smallest absolute Gasteiger partial charge is 0.315 e. The fourth-order valence-corrected chi connectivity index (χ4v) is 16.7. The number of carbonyl (C=O) groups is 2. The van der Waals surface area contributed by atoms with E-state index in [1.807, 2.05) is 6.92 Å². The zero-order valence-electron chi connectivity index (χ0n) is 46.4. The molecule has 9 aliphatic rings. The number of hydrogen-bond donors (Lipinski definition) is 13. The maximum atomic E-state index is 14.9. The van der Waals surface area contributed by atoms with Gasteiger partial charge in [-0.1, -0.05) is 46.3 Å². The van der Waals surface area contributed by atoms with E-state index in [0.717, 1.165) is 18.4 Å². The molecular formula is C55H88O24. The van der Waals surface area contributed by atoms with Gasteiger partial charge in [-0.15, -0.1) is 0 Å². The lowest BCUT2D eigenvalue weighted by Crippen LogP contribution is -2.68. The van der Waals surface area contributed by atoms with Crippen molar-refractivity contribution < 1.29 is 119 Å². The zero-order valence-corrected chi connectivity index (χ0v) is 46.4. The van der Waals surface area contributed by atoms with Gasteiger partial charge < -0.3 is 109 Å². The molecule has 0 aromatic rings. The first-order valence-corrected chi connectivity index (χ1v) is 28.3. The van der Waals surface area contributed by atoms with Gasteiger partial charge in [0.2, 0.25) is 6.29 Å². The molecule has 0 spiro atoms. The Bertz CT molecular complexity index is 2220. The number of fused-ring (bicyclic) bond motifs is 7. The van der Waals surface area contributed by atoms with Gasteiger partial charge in [-0.25, -0.2) is 0 Å². The molecule has 5 aliphatic carbocycles. The highest BCUT2D eigenvalue weighted by Gasteiger charge is 2.71. The molecule has 0 radical (unpaired) electrons.